The van der Waals surface area contributed by atoms with Crippen molar-refractivity contribution in [2.45, 2.75) is 27.0 Å². The molecule has 7 nitrogen and oxygen atoms in total. The van der Waals surface area contributed by atoms with Crippen LogP contribution in [0.25, 0.3) is 0 Å². The molecule has 1 aromatic carbocycles. The van der Waals surface area contributed by atoms with Gasteiger partial charge in [0.05, 0.1) is 21.3 Å². The fourth-order valence-corrected chi connectivity index (χ4v) is 2.06. The highest BCUT2D eigenvalue weighted by Crippen LogP contribution is 2.19. The predicted molar refractivity (Wildman–Crippen MR) is 79.6 cm³/mol. The predicted octanol–water partition coefficient (Wildman–Crippen LogP) is 2.80. The lowest BCUT2D eigenvalue weighted by molar-refractivity contribution is -0.384. The standard InChI is InChI=1S/C14H14ClN3O4/c1-9-14(15)10(2)17(16-9)7-13(19)22-8-11-4-3-5-12(6-11)18(20)21/h3-6H,7-8H2,1-2H3. The Morgan fingerprint density at radius 1 is 1.45 bits per heavy atom. The smallest absolute Gasteiger partial charge is 0.328 e. The first kappa shape index (κ1) is 16.0. The number of ether oxygens (including phenoxy) is 1. The summed E-state index contributed by atoms with van der Waals surface area (Å²) in [5.41, 5.74) is 1.84. The third kappa shape index (κ3) is 3.62. The van der Waals surface area contributed by atoms with Crippen molar-refractivity contribution in [1.82, 2.24) is 9.78 Å². The van der Waals surface area contributed by atoms with E-state index >= 15 is 0 Å². The highest BCUT2D eigenvalue weighted by molar-refractivity contribution is 6.31. The molecule has 1 aromatic heterocycles. The first-order valence-corrected chi connectivity index (χ1v) is 6.84. The first-order chi connectivity index (χ1) is 10.4. The minimum absolute atomic E-state index is 0.0342. The zero-order valence-corrected chi connectivity index (χ0v) is 12.8. The van der Waals surface area contributed by atoms with Crippen molar-refractivity contribution in [1.29, 1.82) is 0 Å². The molecule has 0 saturated heterocycles. The molecule has 0 radical (unpaired) electrons. The lowest BCUT2D eigenvalue weighted by Crippen LogP contribution is -2.15. The van der Waals surface area contributed by atoms with E-state index in [1.165, 1.54) is 16.8 Å². The molecule has 1 heterocycles. The zero-order valence-electron chi connectivity index (χ0n) is 12.1. The van der Waals surface area contributed by atoms with Gasteiger partial charge < -0.3 is 4.74 Å². The molecule has 0 aliphatic rings. The minimum Gasteiger partial charge on any atom is -0.459 e. The lowest BCUT2D eigenvalue weighted by atomic mass is 10.2. The molecule has 0 amide bonds. The van der Waals surface area contributed by atoms with E-state index in [0.29, 0.717) is 22.0 Å². The number of nitro groups is 1. The fraction of sp³-hybridized carbons (Fsp3) is 0.286. The number of nitro benzene ring substituents is 1. The molecule has 0 saturated carbocycles. The highest BCUT2D eigenvalue weighted by atomic mass is 35.5. The summed E-state index contributed by atoms with van der Waals surface area (Å²) in [4.78, 5) is 22.0. The molecule has 0 fully saturated rings. The number of carbonyl (C=O) groups is 1. The molecule has 0 atom stereocenters. The number of hydrogen-bond acceptors (Lipinski definition) is 5. The summed E-state index contributed by atoms with van der Waals surface area (Å²) in [7, 11) is 0. The fourth-order valence-electron chi connectivity index (χ4n) is 1.92. The Morgan fingerprint density at radius 2 is 2.18 bits per heavy atom. The van der Waals surface area contributed by atoms with Crippen LogP contribution in [0.15, 0.2) is 24.3 Å². The number of carbonyl (C=O) groups excluding carboxylic acids is 1. The van der Waals surface area contributed by atoms with Crippen LogP contribution in [-0.2, 0) is 22.7 Å². The Hall–Kier alpha value is -2.41. The number of esters is 1. The van der Waals surface area contributed by atoms with Crippen molar-refractivity contribution in [3.05, 3.63) is 56.4 Å². The summed E-state index contributed by atoms with van der Waals surface area (Å²) in [5.74, 6) is -0.492. The third-order valence-electron chi connectivity index (χ3n) is 3.09. The average Bonchev–Trinajstić information content (AvgIpc) is 2.73. The average molecular weight is 324 g/mol. The first-order valence-electron chi connectivity index (χ1n) is 6.47. The molecule has 0 aliphatic heterocycles. The molecule has 2 rings (SSSR count). The van der Waals surface area contributed by atoms with Crippen molar-refractivity contribution in [3.63, 3.8) is 0 Å². The van der Waals surface area contributed by atoms with Crippen LogP contribution >= 0.6 is 11.6 Å². The second-order valence-electron chi connectivity index (χ2n) is 4.73. The van der Waals surface area contributed by atoms with Gasteiger partial charge in [-0.25, -0.2) is 0 Å². The van der Waals surface area contributed by atoms with E-state index in [1.54, 1.807) is 26.0 Å². The Labute approximate surface area is 131 Å². The lowest BCUT2D eigenvalue weighted by Gasteiger charge is -2.06. The number of aromatic nitrogens is 2. The number of halogens is 1. The largest absolute Gasteiger partial charge is 0.459 e. The number of aryl methyl sites for hydroxylation is 1. The molecule has 22 heavy (non-hydrogen) atoms. The molecule has 0 N–H and O–H groups in total. The molecular weight excluding hydrogens is 310 g/mol. The minimum atomic E-state index is -0.497. The summed E-state index contributed by atoms with van der Waals surface area (Å²) in [6, 6.07) is 5.94. The van der Waals surface area contributed by atoms with Gasteiger partial charge in [0.25, 0.3) is 5.69 Å². The summed E-state index contributed by atoms with van der Waals surface area (Å²) in [6.45, 7) is 3.41. The maximum atomic E-state index is 11.8. The zero-order chi connectivity index (χ0) is 16.3. The summed E-state index contributed by atoms with van der Waals surface area (Å²) >= 11 is 6.00. The summed E-state index contributed by atoms with van der Waals surface area (Å²) < 4.78 is 6.57. The van der Waals surface area contributed by atoms with E-state index in [2.05, 4.69) is 5.10 Å². The number of benzene rings is 1. The molecule has 0 spiro atoms. The van der Waals surface area contributed by atoms with E-state index in [0.717, 1.165) is 0 Å². The van der Waals surface area contributed by atoms with Crippen molar-refractivity contribution >= 4 is 23.3 Å². The van der Waals surface area contributed by atoms with Gasteiger partial charge in [-0.3, -0.25) is 19.6 Å². The summed E-state index contributed by atoms with van der Waals surface area (Å²) in [5, 5.41) is 15.3. The van der Waals surface area contributed by atoms with Gasteiger partial charge >= 0.3 is 5.97 Å². The van der Waals surface area contributed by atoms with Crippen molar-refractivity contribution in [2.24, 2.45) is 0 Å². The van der Waals surface area contributed by atoms with Crippen LogP contribution in [0.2, 0.25) is 5.02 Å². The van der Waals surface area contributed by atoms with E-state index in [9.17, 15) is 14.9 Å². The maximum Gasteiger partial charge on any atom is 0.328 e. The van der Waals surface area contributed by atoms with E-state index in [-0.39, 0.29) is 18.8 Å². The maximum absolute atomic E-state index is 11.8. The van der Waals surface area contributed by atoms with Crippen molar-refractivity contribution < 1.29 is 14.5 Å². The van der Waals surface area contributed by atoms with E-state index in [4.69, 9.17) is 16.3 Å². The quantitative estimate of drug-likeness (QED) is 0.479. The monoisotopic (exact) mass is 323 g/mol. The number of nitrogens with zero attached hydrogens (tertiary/aromatic N) is 3. The van der Waals surface area contributed by atoms with Crippen LogP contribution in [0.1, 0.15) is 17.0 Å². The van der Waals surface area contributed by atoms with Crippen LogP contribution in [0.3, 0.4) is 0 Å². The Kier molecular flexibility index (Phi) is 4.77. The van der Waals surface area contributed by atoms with Gasteiger partial charge in [0, 0.05) is 12.1 Å². The topological polar surface area (TPSA) is 87.3 Å². The van der Waals surface area contributed by atoms with Crippen LogP contribution in [-0.4, -0.2) is 20.7 Å². The van der Waals surface area contributed by atoms with Crippen LogP contribution in [0.5, 0.6) is 0 Å². The molecule has 0 bridgehead atoms. The van der Waals surface area contributed by atoms with Gasteiger partial charge in [0.1, 0.15) is 13.2 Å². The molecule has 8 heteroatoms. The second-order valence-corrected chi connectivity index (χ2v) is 5.11. The number of non-ortho nitro benzene ring substituents is 1. The van der Waals surface area contributed by atoms with Crippen molar-refractivity contribution in [3.8, 4) is 0 Å². The molecule has 116 valence electrons. The summed E-state index contributed by atoms with van der Waals surface area (Å²) in [6.07, 6.45) is 0. The van der Waals surface area contributed by atoms with Gasteiger partial charge in [-0.05, 0) is 19.4 Å². The van der Waals surface area contributed by atoms with Crippen LogP contribution in [0.4, 0.5) is 5.69 Å². The highest BCUT2D eigenvalue weighted by Gasteiger charge is 2.13. The molecule has 0 unspecified atom stereocenters. The van der Waals surface area contributed by atoms with E-state index in [1.807, 2.05) is 0 Å². The molecular formula is C14H14ClN3O4. The van der Waals surface area contributed by atoms with Gasteiger partial charge in [0.2, 0.25) is 0 Å². The Morgan fingerprint density at radius 3 is 2.77 bits per heavy atom. The molecule has 0 aliphatic carbocycles. The number of hydrogen-bond donors (Lipinski definition) is 0. The SMILES string of the molecule is Cc1nn(CC(=O)OCc2cccc([N+](=O)[O-])c2)c(C)c1Cl. The van der Waals surface area contributed by atoms with Crippen LogP contribution < -0.4 is 0 Å². The second kappa shape index (κ2) is 6.57. The number of rotatable bonds is 5. The van der Waals surface area contributed by atoms with Crippen molar-refractivity contribution in [2.75, 3.05) is 0 Å². The normalized spacial score (nSPS) is 10.5. The van der Waals surface area contributed by atoms with Gasteiger partial charge in [-0.2, -0.15) is 5.10 Å². The van der Waals surface area contributed by atoms with E-state index < -0.39 is 10.9 Å². The molecule has 2 aromatic rings. The third-order valence-corrected chi connectivity index (χ3v) is 3.64. The van der Waals surface area contributed by atoms with Gasteiger partial charge in [-0.15, -0.1) is 0 Å². The Bertz CT molecular complexity index is 727. The Balaban J connectivity index is 1.97. The van der Waals surface area contributed by atoms with Gasteiger partial charge in [-0.1, -0.05) is 23.7 Å². The van der Waals surface area contributed by atoms with Gasteiger partial charge in [0.15, 0.2) is 0 Å². The van der Waals surface area contributed by atoms with Crippen LogP contribution in [0, 0.1) is 24.0 Å².